The SMILES string of the molecule is CC(=O)OCCCCCCSc1ccc2nn(-c3cc(C)ccc3O)nc2c1. The lowest BCUT2D eigenvalue weighted by Gasteiger charge is -2.03. The van der Waals surface area contributed by atoms with Gasteiger partial charge in [0.2, 0.25) is 0 Å². The molecule has 2 aromatic carbocycles. The molecule has 1 aromatic heterocycles. The van der Waals surface area contributed by atoms with Gasteiger partial charge >= 0.3 is 5.97 Å². The van der Waals surface area contributed by atoms with Gasteiger partial charge in [-0.3, -0.25) is 4.79 Å². The quantitative estimate of drug-likeness (QED) is 0.321. The summed E-state index contributed by atoms with van der Waals surface area (Å²) in [7, 11) is 0. The third-order valence-corrected chi connectivity index (χ3v) is 5.39. The Bertz CT molecular complexity index is 955. The summed E-state index contributed by atoms with van der Waals surface area (Å²) in [5.74, 6) is 0.987. The molecule has 3 rings (SSSR count). The van der Waals surface area contributed by atoms with Gasteiger partial charge in [0.1, 0.15) is 22.5 Å². The van der Waals surface area contributed by atoms with Crippen LogP contribution in [0.1, 0.15) is 38.2 Å². The molecule has 0 aliphatic heterocycles. The summed E-state index contributed by atoms with van der Waals surface area (Å²) in [4.78, 5) is 13.3. The van der Waals surface area contributed by atoms with Crippen LogP contribution in [0.15, 0.2) is 41.3 Å². The number of aryl methyl sites for hydroxylation is 1. The number of carbonyl (C=O) groups is 1. The fraction of sp³-hybridized carbons (Fsp3) is 0.381. The second-order valence-corrected chi connectivity index (χ2v) is 7.90. The predicted octanol–water partition coefficient (Wildman–Crippen LogP) is 4.65. The number of hydrogen-bond acceptors (Lipinski definition) is 6. The second kappa shape index (κ2) is 9.59. The van der Waals surface area contributed by atoms with Crippen molar-refractivity contribution in [3.8, 4) is 11.4 Å². The fourth-order valence-corrected chi connectivity index (χ4v) is 3.79. The zero-order chi connectivity index (χ0) is 19.9. The van der Waals surface area contributed by atoms with E-state index in [0.717, 1.165) is 52.9 Å². The number of phenolic OH excluding ortho intramolecular Hbond substituents is 1. The monoisotopic (exact) mass is 399 g/mol. The van der Waals surface area contributed by atoms with Gasteiger partial charge < -0.3 is 9.84 Å². The van der Waals surface area contributed by atoms with Gasteiger partial charge in [-0.2, -0.15) is 0 Å². The van der Waals surface area contributed by atoms with Crippen molar-refractivity contribution < 1.29 is 14.6 Å². The highest BCUT2D eigenvalue weighted by Gasteiger charge is 2.10. The van der Waals surface area contributed by atoms with Crippen LogP contribution in [0, 0.1) is 6.92 Å². The lowest BCUT2D eigenvalue weighted by Crippen LogP contribution is -2.00. The number of fused-ring (bicyclic) bond motifs is 1. The van der Waals surface area contributed by atoms with Crippen LogP contribution in [0.3, 0.4) is 0 Å². The standard InChI is InChI=1S/C21H25N3O3S/c1-15-7-10-21(26)20(13-15)24-22-18-9-8-17(14-19(18)23-24)28-12-6-4-3-5-11-27-16(2)25/h7-10,13-14,26H,3-6,11-12H2,1-2H3. The van der Waals surface area contributed by atoms with Gasteiger partial charge in [-0.25, -0.2) is 0 Å². The molecule has 0 saturated carbocycles. The van der Waals surface area contributed by atoms with Crippen molar-refractivity contribution in [3.05, 3.63) is 42.0 Å². The summed E-state index contributed by atoms with van der Waals surface area (Å²) in [6.45, 7) is 3.93. The first-order valence-electron chi connectivity index (χ1n) is 9.46. The molecule has 0 radical (unpaired) electrons. The normalized spacial score (nSPS) is 11.1. The van der Waals surface area contributed by atoms with Gasteiger partial charge in [0.15, 0.2) is 0 Å². The number of rotatable bonds is 9. The molecule has 0 bridgehead atoms. The van der Waals surface area contributed by atoms with Crippen LogP contribution in [0.5, 0.6) is 5.75 Å². The largest absolute Gasteiger partial charge is 0.506 e. The molecule has 6 nitrogen and oxygen atoms in total. The van der Waals surface area contributed by atoms with Crippen molar-refractivity contribution in [3.63, 3.8) is 0 Å². The molecule has 0 unspecified atom stereocenters. The van der Waals surface area contributed by atoms with Crippen LogP contribution in [0.25, 0.3) is 16.7 Å². The molecular formula is C21H25N3O3S. The average Bonchev–Trinajstić information content (AvgIpc) is 3.08. The van der Waals surface area contributed by atoms with E-state index in [1.54, 1.807) is 17.8 Å². The molecule has 0 amide bonds. The zero-order valence-electron chi connectivity index (χ0n) is 16.2. The van der Waals surface area contributed by atoms with Gasteiger partial charge in [0.05, 0.1) is 6.61 Å². The van der Waals surface area contributed by atoms with Crippen molar-refractivity contribution in [2.75, 3.05) is 12.4 Å². The van der Waals surface area contributed by atoms with E-state index in [4.69, 9.17) is 4.74 Å². The average molecular weight is 400 g/mol. The van der Waals surface area contributed by atoms with E-state index in [1.165, 1.54) is 11.7 Å². The van der Waals surface area contributed by atoms with Crippen molar-refractivity contribution in [2.45, 2.75) is 44.4 Å². The highest BCUT2D eigenvalue weighted by Crippen LogP contribution is 2.26. The molecule has 1 heterocycles. The Balaban J connectivity index is 1.53. The first-order valence-corrected chi connectivity index (χ1v) is 10.4. The van der Waals surface area contributed by atoms with Crippen LogP contribution >= 0.6 is 11.8 Å². The first kappa shape index (κ1) is 20.2. The number of nitrogens with zero attached hydrogens (tertiary/aromatic N) is 3. The molecule has 3 aromatic rings. The molecule has 7 heteroatoms. The van der Waals surface area contributed by atoms with Crippen LogP contribution in [-0.2, 0) is 9.53 Å². The Hall–Kier alpha value is -2.54. The Kier molecular flexibility index (Phi) is 6.92. The molecule has 148 valence electrons. The van der Waals surface area contributed by atoms with Crippen LogP contribution in [-0.4, -0.2) is 38.4 Å². The molecule has 0 aliphatic carbocycles. The summed E-state index contributed by atoms with van der Waals surface area (Å²) in [6.07, 6.45) is 4.23. The second-order valence-electron chi connectivity index (χ2n) is 6.73. The number of aromatic hydroxyl groups is 1. The van der Waals surface area contributed by atoms with E-state index in [1.807, 2.05) is 31.2 Å². The van der Waals surface area contributed by atoms with Crippen LogP contribution < -0.4 is 0 Å². The number of thioether (sulfide) groups is 1. The molecule has 28 heavy (non-hydrogen) atoms. The number of aromatic nitrogens is 3. The molecule has 0 fully saturated rings. The van der Waals surface area contributed by atoms with Crippen molar-refractivity contribution in [1.29, 1.82) is 0 Å². The molecule has 1 N–H and O–H groups in total. The number of carbonyl (C=O) groups excluding carboxylic acids is 1. The van der Waals surface area contributed by atoms with Crippen LogP contribution in [0.2, 0.25) is 0 Å². The highest BCUT2D eigenvalue weighted by atomic mass is 32.2. The molecular weight excluding hydrogens is 374 g/mol. The fourth-order valence-electron chi connectivity index (χ4n) is 2.85. The Morgan fingerprint density at radius 1 is 1.07 bits per heavy atom. The molecule has 0 atom stereocenters. The third-order valence-electron chi connectivity index (χ3n) is 4.31. The Morgan fingerprint density at radius 2 is 1.86 bits per heavy atom. The smallest absolute Gasteiger partial charge is 0.302 e. The number of unbranched alkanes of at least 4 members (excludes halogenated alkanes) is 3. The van der Waals surface area contributed by atoms with E-state index in [2.05, 4.69) is 16.3 Å². The number of ether oxygens (including phenoxy) is 1. The maximum atomic E-state index is 10.7. The highest BCUT2D eigenvalue weighted by molar-refractivity contribution is 7.99. The van der Waals surface area contributed by atoms with Gasteiger partial charge in [0, 0.05) is 11.8 Å². The van der Waals surface area contributed by atoms with Gasteiger partial charge in [0.25, 0.3) is 0 Å². The van der Waals surface area contributed by atoms with E-state index >= 15 is 0 Å². The summed E-state index contributed by atoms with van der Waals surface area (Å²) >= 11 is 1.80. The maximum absolute atomic E-state index is 10.7. The van der Waals surface area contributed by atoms with Crippen LogP contribution in [0.4, 0.5) is 0 Å². The summed E-state index contributed by atoms with van der Waals surface area (Å²) < 4.78 is 4.93. The van der Waals surface area contributed by atoms with E-state index in [-0.39, 0.29) is 11.7 Å². The summed E-state index contributed by atoms with van der Waals surface area (Å²) in [5, 5.41) is 19.1. The van der Waals surface area contributed by atoms with E-state index in [9.17, 15) is 9.90 Å². The van der Waals surface area contributed by atoms with Gasteiger partial charge in [-0.15, -0.1) is 26.8 Å². The minimum absolute atomic E-state index is 0.161. The van der Waals surface area contributed by atoms with E-state index < -0.39 is 0 Å². The number of benzene rings is 2. The van der Waals surface area contributed by atoms with Gasteiger partial charge in [-0.1, -0.05) is 18.9 Å². The topological polar surface area (TPSA) is 77.2 Å². The summed E-state index contributed by atoms with van der Waals surface area (Å²) in [6, 6.07) is 11.4. The number of phenols is 1. The van der Waals surface area contributed by atoms with Crippen molar-refractivity contribution in [2.24, 2.45) is 0 Å². The lowest BCUT2D eigenvalue weighted by atomic mass is 10.2. The van der Waals surface area contributed by atoms with Crippen molar-refractivity contribution in [1.82, 2.24) is 15.0 Å². The molecule has 0 spiro atoms. The zero-order valence-corrected chi connectivity index (χ0v) is 17.0. The first-order chi connectivity index (χ1) is 13.5. The number of esters is 1. The predicted molar refractivity (Wildman–Crippen MR) is 111 cm³/mol. The third kappa shape index (κ3) is 5.48. The Labute approximate surface area is 168 Å². The minimum atomic E-state index is -0.208. The lowest BCUT2D eigenvalue weighted by molar-refractivity contribution is -0.141. The van der Waals surface area contributed by atoms with Gasteiger partial charge in [-0.05, 0) is 61.4 Å². The van der Waals surface area contributed by atoms with E-state index in [0.29, 0.717) is 12.3 Å². The summed E-state index contributed by atoms with van der Waals surface area (Å²) in [5.41, 5.74) is 3.24. The number of hydrogen-bond donors (Lipinski definition) is 1. The molecule has 0 aliphatic rings. The minimum Gasteiger partial charge on any atom is -0.506 e. The molecule has 0 saturated heterocycles. The Morgan fingerprint density at radius 3 is 2.68 bits per heavy atom. The maximum Gasteiger partial charge on any atom is 0.302 e. The van der Waals surface area contributed by atoms with Crippen molar-refractivity contribution >= 4 is 28.8 Å².